The number of ether oxygens (including phenoxy) is 1. The van der Waals surface area contributed by atoms with Crippen LogP contribution in [0.15, 0.2) is 6.07 Å². The van der Waals surface area contributed by atoms with Crippen LogP contribution in [0.5, 0.6) is 0 Å². The minimum absolute atomic E-state index is 0.0300. The van der Waals surface area contributed by atoms with Crippen molar-refractivity contribution in [3.8, 4) is 0 Å². The number of halogens is 6. The van der Waals surface area contributed by atoms with Crippen LogP contribution >= 0.6 is 0 Å². The third-order valence-electron chi connectivity index (χ3n) is 6.09. The van der Waals surface area contributed by atoms with E-state index in [0.717, 1.165) is 38.3 Å². The Balaban J connectivity index is 0.000000449. The van der Waals surface area contributed by atoms with Crippen LogP contribution in [0.1, 0.15) is 17.8 Å². The highest BCUT2D eigenvalue weighted by Gasteiger charge is 2.51. The van der Waals surface area contributed by atoms with E-state index in [1.165, 1.54) is 5.69 Å². The van der Waals surface area contributed by atoms with Crippen LogP contribution in [0, 0.1) is 12.8 Å². The molecule has 3 rings (SSSR count). The lowest BCUT2D eigenvalue weighted by atomic mass is 9.84. The number of likely N-dealkylation sites (tertiary alicyclic amines) is 2. The fourth-order valence-corrected chi connectivity index (χ4v) is 4.20. The molecule has 1 unspecified atom stereocenters. The highest BCUT2D eigenvalue weighted by Crippen LogP contribution is 2.40. The second-order valence-electron chi connectivity index (χ2n) is 9.63. The number of aryl methyl sites for hydroxylation is 2. The van der Waals surface area contributed by atoms with Gasteiger partial charge in [-0.3, -0.25) is 19.3 Å². The number of likely N-dealkylation sites (N-methyl/N-ethyl adjacent to an activating group) is 2. The standard InChI is InChI=1S/C18H31N5O2.2C2HF3O2/c1-14-6-16(22(5)19-14)9-23-12-18(13-23)7-15(8-21(18)4)10-25-11-17(24)20(2)3;2*3-2(4,5)1(6)7/h6,15H,7-13H2,1-5H3;2*(H,6,7). The van der Waals surface area contributed by atoms with Crippen LogP contribution in [0.25, 0.3) is 0 Å². The molecule has 224 valence electrons. The predicted octanol–water partition coefficient (Wildman–Crippen LogP) is 1.61. The Morgan fingerprint density at radius 2 is 1.56 bits per heavy atom. The Morgan fingerprint density at radius 1 is 1.08 bits per heavy atom. The summed E-state index contributed by atoms with van der Waals surface area (Å²) >= 11 is 0. The van der Waals surface area contributed by atoms with Crippen molar-refractivity contribution in [3.05, 3.63) is 17.5 Å². The summed E-state index contributed by atoms with van der Waals surface area (Å²) in [7, 11) is 7.76. The molecule has 1 aromatic rings. The van der Waals surface area contributed by atoms with Gasteiger partial charge in [0.2, 0.25) is 5.91 Å². The minimum Gasteiger partial charge on any atom is -0.475 e. The summed E-state index contributed by atoms with van der Waals surface area (Å²) in [6, 6.07) is 2.17. The zero-order valence-corrected chi connectivity index (χ0v) is 22.1. The van der Waals surface area contributed by atoms with Gasteiger partial charge in [-0.15, -0.1) is 0 Å². The molecule has 0 saturated carbocycles. The molecule has 2 aliphatic rings. The lowest BCUT2D eigenvalue weighted by molar-refractivity contribution is -0.193. The highest BCUT2D eigenvalue weighted by atomic mass is 19.4. The molecule has 0 aliphatic carbocycles. The van der Waals surface area contributed by atoms with Gasteiger partial charge in [0.25, 0.3) is 0 Å². The van der Waals surface area contributed by atoms with E-state index >= 15 is 0 Å². The van der Waals surface area contributed by atoms with Crippen LogP contribution in [-0.2, 0) is 32.7 Å². The molecule has 39 heavy (non-hydrogen) atoms. The van der Waals surface area contributed by atoms with E-state index < -0.39 is 24.3 Å². The predicted molar refractivity (Wildman–Crippen MR) is 124 cm³/mol. The smallest absolute Gasteiger partial charge is 0.475 e. The van der Waals surface area contributed by atoms with Crippen molar-refractivity contribution in [3.63, 3.8) is 0 Å². The van der Waals surface area contributed by atoms with Crippen LogP contribution in [0.3, 0.4) is 0 Å². The van der Waals surface area contributed by atoms with Crippen molar-refractivity contribution >= 4 is 17.8 Å². The first kappa shape index (κ1) is 34.1. The third-order valence-corrected chi connectivity index (χ3v) is 6.09. The number of amides is 1. The second-order valence-corrected chi connectivity index (χ2v) is 9.63. The first-order chi connectivity index (χ1) is 17.7. The maximum absolute atomic E-state index is 11.6. The van der Waals surface area contributed by atoms with Crippen LogP contribution in [0.2, 0.25) is 0 Å². The van der Waals surface area contributed by atoms with Gasteiger partial charge >= 0.3 is 24.3 Å². The van der Waals surface area contributed by atoms with E-state index in [-0.39, 0.29) is 18.1 Å². The summed E-state index contributed by atoms with van der Waals surface area (Å²) < 4.78 is 71.1. The number of aliphatic carboxylic acids is 2. The van der Waals surface area contributed by atoms with Crippen molar-refractivity contribution in [1.29, 1.82) is 0 Å². The highest BCUT2D eigenvalue weighted by molar-refractivity contribution is 5.76. The molecule has 2 N–H and O–H groups in total. The third kappa shape index (κ3) is 10.6. The van der Waals surface area contributed by atoms with Crippen molar-refractivity contribution in [2.24, 2.45) is 13.0 Å². The Labute approximate surface area is 220 Å². The van der Waals surface area contributed by atoms with Gasteiger partial charge in [0.05, 0.1) is 18.0 Å². The lowest BCUT2D eigenvalue weighted by Gasteiger charge is -2.52. The number of carboxylic acid groups (broad SMARTS) is 2. The molecule has 0 aromatic carbocycles. The second kappa shape index (κ2) is 13.4. The molecular weight excluding hydrogens is 544 g/mol. The quantitative estimate of drug-likeness (QED) is 0.485. The van der Waals surface area contributed by atoms with Gasteiger partial charge < -0.3 is 19.8 Å². The van der Waals surface area contributed by atoms with E-state index in [9.17, 15) is 31.1 Å². The van der Waals surface area contributed by atoms with Crippen molar-refractivity contribution in [2.75, 3.05) is 54.0 Å². The fourth-order valence-electron chi connectivity index (χ4n) is 4.20. The average molecular weight is 578 g/mol. The Kier molecular flexibility index (Phi) is 11.7. The zero-order valence-electron chi connectivity index (χ0n) is 22.1. The largest absolute Gasteiger partial charge is 0.490 e. The van der Waals surface area contributed by atoms with E-state index in [1.54, 1.807) is 19.0 Å². The van der Waals surface area contributed by atoms with Crippen molar-refractivity contribution in [1.82, 2.24) is 24.5 Å². The van der Waals surface area contributed by atoms with Gasteiger partial charge in [-0.2, -0.15) is 31.4 Å². The summed E-state index contributed by atoms with van der Waals surface area (Å²) in [4.78, 5) is 35.9. The van der Waals surface area contributed by atoms with E-state index in [4.69, 9.17) is 24.5 Å². The maximum atomic E-state index is 11.6. The Bertz CT molecular complexity index is 967. The number of rotatable bonds is 6. The molecule has 2 aliphatic heterocycles. The summed E-state index contributed by atoms with van der Waals surface area (Å²) in [6.07, 6.45) is -9.01. The molecule has 0 radical (unpaired) electrons. The molecule has 17 heteroatoms. The van der Waals surface area contributed by atoms with Crippen molar-refractivity contribution < 1.29 is 55.7 Å². The van der Waals surface area contributed by atoms with Gasteiger partial charge in [-0.1, -0.05) is 0 Å². The SMILES string of the molecule is Cc1cc(CN2CC3(CC(COCC(=O)N(C)C)CN3C)C2)n(C)n1.O=C(O)C(F)(F)F.O=C(O)C(F)(F)F. The van der Waals surface area contributed by atoms with Crippen LogP contribution in [-0.4, -0.2) is 124 Å². The first-order valence-corrected chi connectivity index (χ1v) is 11.5. The molecule has 2 fully saturated rings. The normalized spacial score (nSPS) is 18.9. The number of aromatic nitrogens is 2. The number of hydrogen-bond donors (Lipinski definition) is 2. The van der Waals surface area contributed by atoms with Gasteiger partial charge in [-0.25, -0.2) is 9.59 Å². The number of alkyl halides is 6. The van der Waals surface area contributed by atoms with E-state index in [2.05, 4.69) is 28.0 Å². The zero-order chi connectivity index (χ0) is 30.3. The van der Waals surface area contributed by atoms with Gasteiger partial charge in [0.1, 0.15) is 6.61 Å². The first-order valence-electron chi connectivity index (χ1n) is 11.5. The molecule has 11 nitrogen and oxygen atoms in total. The Morgan fingerprint density at radius 3 is 1.95 bits per heavy atom. The van der Waals surface area contributed by atoms with Crippen molar-refractivity contribution in [2.45, 2.75) is 37.8 Å². The van der Waals surface area contributed by atoms with Gasteiger partial charge in [0.15, 0.2) is 0 Å². The minimum atomic E-state index is -5.08. The molecule has 1 spiro atoms. The summed E-state index contributed by atoms with van der Waals surface area (Å²) in [5.41, 5.74) is 2.64. The number of hydrogen-bond acceptors (Lipinski definition) is 7. The number of carbonyl (C=O) groups excluding carboxylic acids is 1. The molecule has 1 amide bonds. The lowest BCUT2D eigenvalue weighted by Crippen LogP contribution is -2.66. The topological polar surface area (TPSA) is 128 Å². The summed E-state index contributed by atoms with van der Waals surface area (Å²) in [5, 5.41) is 18.7. The fraction of sp³-hybridized carbons (Fsp3) is 0.727. The molecule has 3 heterocycles. The van der Waals surface area contributed by atoms with E-state index in [1.807, 2.05) is 18.7 Å². The monoisotopic (exact) mass is 577 g/mol. The average Bonchev–Trinajstić information content (AvgIpc) is 3.25. The molecule has 0 bridgehead atoms. The number of carboxylic acids is 2. The van der Waals surface area contributed by atoms with Crippen LogP contribution < -0.4 is 0 Å². The van der Waals surface area contributed by atoms with Gasteiger partial charge in [-0.05, 0) is 32.4 Å². The molecule has 1 aromatic heterocycles. The number of nitrogens with zero attached hydrogens (tertiary/aromatic N) is 5. The maximum Gasteiger partial charge on any atom is 0.490 e. The van der Waals surface area contributed by atoms with Crippen LogP contribution in [0.4, 0.5) is 26.3 Å². The summed E-state index contributed by atoms with van der Waals surface area (Å²) in [5.74, 6) is -4.97. The number of carbonyl (C=O) groups is 3. The summed E-state index contributed by atoms with van der Waals surface area (Å²) in [6.45, 7) is 7.11. The molecular formula is C22H33F6N5O6. The van der Waals surface area contributed by atoms with Gasteiger partial charge in [0, 0.05) is 52.9 Å². The van der Waals surface area contributed by atoms with E-state index in [0.29, 0.717) is 12.5 Å². The Hall–Kier alpha value is -2.92. The molecule has 2 saturated heterocycles. The molecule has 1 atom stereocenters.